The van der Waals surface area contributed by atoms with Gasteiger partial charge in [0.2, 0.25) is 0 Å². The van der Waals surface area contributed by atoms with Gasteiger partial charge in [-0.15, -0.1) is 0 Å². The minimum atomic E-state index is 0.335. The third-order valence-electron chi connectivity index (χ3n) is 5.01. The van der Waals surface area contributed by atoms with Crippen molar-refractivity contribution in [2.45, 2.75) is 13.1 Å². The second-order valence-electron chi connectivity index (χ2n) is 6.95. The molecule has 0 atom stereocenters. The Kier molecular flexibility index (Phi) is 5.42. The van der Waals surface area contributed by atoms with Gasteiger partial charge in [0.1, 0.15) is 5.75 Å². The van der Waals surface area contributed by atoms with E-state index in [2.05, 4.69) is 50.1 Å². The first kappa shape index (κ1) is 17.6. The Morgan fingerprint density at radius 3 is 2.15 bits per heavy atom. The van der Waals surface area contributed by atoms with E-state index >= 15 is 0 Å². The molecule has 4 rings (SSSR count). The van der Waals surface area contributed by atoms with E-state index in [9.17, 15) is 5.11 Å². The summed E-state index contributed by atoms with van der Waals surface area (Å²) < 4.78 is 0. The molecule has 1 aliphatic rings. The Balaban J connectivity index is 1.37. The molecule has 0 aliphatic carbocycles. The molecule has 27 heavy (non-hydrogen) atoms. The monoisotopic (exact) mass is 360 g/mol. The van der Waals surface area contributed by atoms with Crippen molar-refractivity contribution in [2.75, 3.05) is 26.2 Å². The average molecular weight is 360 g/mol. The van der Waals surface area contributed by atoms with Crippen LogP contribution in [0.25, 0.3) is 11.4 Å². The minimum absolute atomic E-state index is 0.335. The lowest BCUT2D eigenvalue weighted by molar-refractivity contribution is 0.121. The maximum atomic E-state index is 10.3. The van der Waals surface area contributed by atoms with Crippen molar-refractivity contribution in [1.82, 2.24) is 19.8 Å². The summed E-state index contributed by atoms with van der Waals surface area (Å²) in [6, 6.07) is 18.0. The molecule has 1 saturated heterocycles. The molecule has 0 unspecified atom stereocenters. The topological polar surface area (TPSA) is 52.5 Å². The van der Waals surface area contributed by atoms with E-state index in [1.165, 1.54) is 5.56 Å². The summed E-state index contributed by atoms with van der Waals surface area (Å²) in [5.41, 5.74) is 3.22. The van der Waals surface area contributed by atoms with E-state index in [1.807, 2.05) is 12.1 Å². The highest BCUT2D eigenvalue weighted by Gasteiger charge is 2.18. The number of phenols is 1. The average Bonchev–Trinajstić information content (AvgIpc) is 2.72. The zero-order valence-corrected chi connectivity index (χ0v) is 15.3. The van der Waals surface area contributed by atoms with Gasteiger partial charge in [-0.05, 0) is 29.8 Å². The highest BCUT2D eigenvalue weighted by atomic mass is 16.3. The van der Waals surface area contributed by atoms with Gasteiger partial charge in [0.15, 0.2) is 5.82 Å². The van der Waals surface area contributed by atoms with Crippen LogP contribution in [-0.2, 0) is 13.1 Å². The summed E-state index contributed by atoms with van der Waals surface area (Å²) in [5.74, 6) is 1.02. The van der Waals surface area contributed by atoms with Gasteiger partial charge in [-0.3, -0.25) is 9.80 Å². The third-order valence-corrected chi connectivity index (χ3v) is 5.01. The van der Waals surface area contributed by atoms with Crippen LogP contribution < -0.4 is 0 Å². The molecule has 0 amide bonds. The summed E-state index contributed by atoms with van der Waals surface area (Å²) in [6.07, 6.45) is 3.47. The SMILES string of the molecule is Oc1ccc(-c2ncccn2)cc1CN1CCN(Cc2ccccc2)CC1. The largest absolute Gasteiger partial charge is 0.508 e. The van der Waals surface area contributed by atoms with Crippen LogP contribution in [0.5, 0.6) is 5.75 Å². The van der Waals surface area contributed by atoms with Gasteiger partial charge in [-0.2, -0.15) is 0 Å². The van der Waals surface area contributed by atoms with E-state index in [0.29, 0.717) is 11.6 Å². The number of rotatable bonds is 5. The number of nitrogens with zero attached hydrogens (tertiary/aromatic N) is 4. The molecule has 3 aromatic rings. The van der Waals surface area contributed by atoms with E-state index < -0.39 is 0 Å². The highest BCUT2D eigenvalue weighted by Crippen LogP contribution is 2.25. The number of piperazine rings is 1. The Hall–Kier alpha value is -2.76. The zero-order valence-electron chi connectivity index (χ0n) is 15.3. The molecular formula is C22H24N4O. The van der Waals surface area contributed by atoms with Crippen molar-refractivity contribution in [1.29, 1.82) is 0 Å². The van der Waals surface area contributed by atoms with E-state index in [0.717, 1.165) is 50.4 Å². The molecule has 5 nitrogen and oxygen atoms in total. The van der Waals surface area contributed by atoms with E-state index in [-0.39, 0.29) is 0 Å². The highest BCUT2D eigenvalue weighted by molar-refractivity contribution is 5.58. The van der Waals surface area contributed by atoms with Gasteiger partial charge < -0.3 is 5.11 Å². The van der Waals surface area contributed by atoms with Crippen molar-refractivity contribution in [3.05, 3.63) is 78.1 Å². The van der Waals surface area contributed by atoms with Gasteiger partial charge in [-0.1, -0.05) is 30.3 Å². The number of aromatic hydroxyl groups is 1. The predicted molar refractivity (Wildman–Crippen MR) is 106 cm³/mol. The molecule has 2 aromatic carbocycles. The Morgan fingerprint density at radius 2 is 1.44 bits per heavy atom. The predicted octanol–water partition coefficient (Wildman–Crippen LogP) is 3.17. The molecule has 0 bridgehead atoms. The van der Waals surface area contributed by atoms with Gasteiger partial charge in [0, 0.05) is 62.8 Å². The molecular weight excluding hydrogens is 336 g/mol. The van der Waals surface area contributed by atoms with Crippen LogP contribution >= 0.6 is 0 Å². The summed E-state index contributed by atoms with van der Waals surface area (Å²) in [4.78, 5) is 13.5. The second kappa shape index (κ2) is 8.29. The normalized spacial score (nSPS) is 15.7. The maximum Gasteiger partial charge on any atom is 0.159 e. The lowest BCUT2D eigenvalue weighted by Gasteiger charge is -2.34. The Labute approximate surface area is 159 Å². The number of hydrogen-bond acceptors (Lipinski definition) is 5. The van der Waals surface area contributed by atoms with Crippen molar-refractivity contribution >= 4 is 0 Å². The second-order valence-corrected chi connectivity index (χ2v) is 6.95. The molecule has 0 spiro atoms. The van der Waals surface area contributed by atoms with Crippen molar-refractivity contribution in [2.24, 2.45) is 0 Å². The number of aromatic nitrogens is 2. The fourth-order valence-corrected chi connectivity index (χ4v) is 3.49. The van der Waals surface area contributed by atoms with Crippen LogP contribution in [0.3, 0.4) is 0 Å². The summed E-state index contributed by atoms with van der Waals surface area (Å²) >= 11 is 0. The first-order valence-corrected chi connectivity index (χ1v) is 9.36. The summed E-state index contributed by atoms with van der Waals surface area (Å²) in [6.45, 7) is 5.82. The fraction of sp³-hybridized carbons (Fsp3) is 0.273. The lowest BCUT2D eigenvalue weighted by Crippen LogP contribution is -2.45. The van der Waals surface area contributed by atoms with Crippen molar-refractivity contribution in [3.8, 4) is 17.1 Å². The molecule has 2 heterocycles. The summed E-state index contributed by atoms with van der Waals surface area (Å²) in [5, 5.41) is 10.3. The van der Waals surface area contributed by atoms with Crippen LogP contribution in [0, 0.1) is 0 Å². The molecule has 1 fully saturated rings. The molecule has 1 N–H and O–H groups in total. The fourth-order valence-electron chi connectivity index (χ4n) is 3.49. The van der Waals surface area contributed by atoms with Crippen LogP contribution in [0.1, 0.15) is 11.1 Å². The zero-order chi connectivity index (χ0) is 18.5. The summed E-state index contributed by atoms with van der Waals surface area (Å²) in [7, 11) is 0. The lowest BCUT2D eigenvalue weighted by atomic mass is 10.1. The van der Waals surface area contributed by atoms with Gasteiger partial charge in [0.05, 0.1) is 0 Å². The van der Waals surface area contributed by atoms with Gasteiger partial charge >= 0.3 is 0 Å². The minimum Gasteiger partial charge on any atom is -0.508 e. The Morgan fingerprint density at radius 1 is 0.778 bits per heavy atom. The maximum absolute atomic E-state index is 10.3. The van der Waals surface area contributed by atoms with Crippen LogP contribution in [-0.4, -0.2) is 51.1 Å². The van der Waals surface area contributed by atoms with E-state index in [4.69, 9.17) is 0 Å². The van der Waals surface area contributed by atoms with Crippen molar-refractivity contribution in [3.63, 3.8) is 0 Å². The smallest absolute Gasteiger partial charge is 0.159 e. The Bertz CT molecular complexity index is 862. The molecule has 1 aromatic heterocycles. The first-order chi connectivity index (χ1) is 13.3. The molecule has 0 radical (unpaired) electrons. The van der Waals surface area contributed by atoms with Crippen LogP contribution in [0.4, 0.5) is 0 Å². The van der Waals surface area contributed by atoms with Crippen LogP contribution in [0.2, 0.25) is 0 Å². The van der Waals surface area contributed by atoms with Gasteiger partial charge in [0.25, 0.3) is 0 Å². The number of hydrogen-bond donors (Lipinski definition) is 1. The quantitative estimate of drug-likeness (QED) is 0.757. The van der Waals surface area contributed by atoms with E-state index in [1.54, 1.807) is 24.5 Å². The molecule has 1 aliphatic heterocycles. The standard InChI is InChI=1S/C22H24N4O/c27-21-8-7-19(22-23-9-4-10-24-22)15-20(21)17-26-13-11-25(12-14-26)16-18-5-2-1-3-6-18/h1-10,15,27H,11-14,16-17H2. The number of phenolic OH excluding ortho intramolecular Hbond substituents is 1. The third kappa shape index (κ3) is 4.51. The first-order valence-electron chi connectivity index (χ1n) is 9.36. The molecule has 5 heteroatoms. The van der Waals surface area contributed by atoms with Crippen LogP contribution in [0.15, 0.2) is 67.0 Å². The van der Waals surface area contributed by atoms with Crippen molar-refractivity contribution < 1.29 is 5.11 Å². The van der Waals surface area contributed by atoms with Gasteiger partial charge in [-0.25, -0.2) is 9.97 Å². The molecule has 138 valence electrons. The molecule has 0 saturated carbocycles. The number of benzene rings is 2.